The molecule has 2 atom stereocenters. The van der Waals surface area contributed by atoms with E-state index in [0.717, 1.165) is 5.56 Å². The van der Waals surface area contributed by atoms with Crippen LogP contribution in [0.3, 0.4) is 0 Å². The molecular weight excluding hydrogens is 237 g/mol. The lowest BCUT2D eigenvalue weighted by atomic mass is 9.87. The number of nitrogens with one attached hydrogen (secondary N) is 1. The van der Waals surface area contributed by atoms with Gasteiger partial charge < -0.3 is 5.32 Å². The Morgan fingerprint density at radius 2 is 1.82 bits per heavy atom. The van der Waals surface area contributed by atoms with Crippen molar-refractivity contribution in [2.75, 3.05) is 0 Å². The van der Waals surface area contributed by atoms with Gasteiger partial charge in [-0.05, 0) is 37.0 Å². The molecular formula is C14H21ClFN. The summed E-state index contributed by atoms with van der Waals surface area (Å²) in [6.07, 6.45) is 0. The predicted octanol–water partition coefficient (Wildman–Crippen LogP) is 4.56. The Morgan fingerprint density at radius 3 is 2.29 bits per heavy atom. The van der Waals surface area contributed by atoms with E-state index in [2.05, 4.69) is 39.9 Å². The third-order valence-electron chi connectivity index (χ3n) is 3.24. The van der Waals surface area contributed by atoms with Gasteiger partial charge in [-0.25, -0.2) is 4.39 Å². The van der Waals surface area contributed by atoms with Crippen LogP contribution in [0, 0.1) is 11.2 Å². The second-order valence-electron chi connectivity index (χ2n) is 5.65. The quantitative estimate of drug-likeness (QED) is 0.837. The Morgan fingerprint density at radius 1 is 1.24 bits per heavy atom. The second-order valence-corrected chi connectivity index (χ2v) is 6.06. The summed E-state index contributed by atoms with van der Waals surface area (Å²) in [6, 6.07) is 5.39. The molecule has 0 aliphatic carbocycles. The first kappa shape index (κ1) is 14.5. The van der Waals surface area contributed by atoms with E-state index in [1.807, 2.05) is 0 Å². The van der Waals surface area contributed by atoms with Crippen LogP contribution in [-0.2, 0) is 0 Å². The van der Waals surface area contributed by atoms with E-state index in [1.54, 1.807) is 12.1 Å². The van der Waals surface area contributed by atoms with E-state index in [9.17, 15) is 4.39 Å². The van der Waals surface area contributed by atoms with Gasteiger partial charge in [-0.2, -0.15) is 0 Å². The number of hydrogen-bond acceptors (Lipinski definition) is 1. The van der Waals surface area contributed by atoms with E-state index in [1.165, 1.54) is 6.07 Å². The van der Waals surface area contributed by atoms with Gasteiger partial charge in [-0.3, -0.25) is 0 Å². The Bertz CT molecular complexity index is 384. The minimum absolute atomic E-state index is 0.155. The lowest BCUT2D eigenvalue weighted by Gasteiger charge is -2.31. The monoisotopic (exact) mass is 257 g/mol. The van der Waals surface area contributed by atoms with Crippen molar-refractivity contribution in [1.29, 1.82) is 0 Å². The van der Waals surface area contributed by atoms with E-state index in [-0.39, 0.29) is 22.3 Å². The number of halogens is 2. The molecule has 1 N–H and O–H groups in total. The smallest absolute Gasteiger partial charge is 0.141 e. The van der Waals surface area contributed by atoms with Gasteiger partial charge in [-0.15, -0.1) is 0 Å². The molecule has 0 saturated heterocycles. The van der Waals surface area contributed by atoms with Crippen LogP contribution in [0.25, 0.3) is 0 Å². The fourth-order valence-corrected chi connectivity index (χ4v) is 1.69. The fourth-order valence-electron chi connectivity index (χ4n) is 1.50. The summed E-state index contributed by atoms with van der Waals surface area (Å²) < 4.78 is 13.1. The summed E-state index contributed by atoms with van der Waals surface area (Å²) >= 11 is 5.78. The van der Waals surface area contributed by atoms with Gasteiger partial charge in [0.1, 0.15) is 5.82 Å². The van der Waals surface area contributed by atoms with Crippen molar-refractivity contribution in [3.05, 3.63) is 34.6 Å². The van der Waals surface area contributed by atoms with Crippen molar-refractivity contribution in [3.8, 4) is 0 Å². The second kappa shape index (κ2) is 5.36. The zero-order valence-electron chi connectivity index (χ0n) is 11.1. The average molecular weight is 258 g/mol. The van der Waals surface area contributed by atoms with Gasteiger partial charge in [0, 0.05) is 12.1 Å². The molecule has 0 aliphatic rings. The molecule has 1 nitrogen and oxygen atoms in total. The van der Waals surface area contributed by atoms with Crippen LogP contribution in [0.5, 0.6) is 0 Å². The van der Waals surface area contributed by atoms with Crippen LogP contribution in [0.4, 0.5) is 4.39 Å². The first-order chi connectivity index (χ1) is 7.71. The molecule has 1 rings (SSSR count). The highest BCUT2D eigenvalue weighted by atomic mass is 35.5. The van der Waals surface area contributed by atoms with E-state index in [4.69, 9.17) is 11.6 Å². The van der Waals surface area contributed by atoms with Crippen LogP contribution in [0.15, 0.2) is 18.2 Å². The highest BCUT2D eigenvalue weighted by molar-refractivity contribution is 6.30. The topological polar surface area (TPSA) is 12.0 Å². The molecule has 0 saturated carbocycles. The van der Waals surface area contributed by atoms with Gasteiger partial charge in [0.15, 0.2) is 0 Å². The maximum absolute atomic E-state index is 13.1. The molecule has 3 heteroatoms. The van der Waals surface area contributed by atoms with Crippen LogP contribution < -0.4 is 5.32 Å². The van der Waals surface area contributed by atoms with Crippen molar-refractivity contribution >= 4 is 11.6 Å². The molecule has 0 bridgehead atoms. The Balaban J connectivity index is 2.76. The largest absolute Gasteiger partial charge is 0.307 e. The van der Waals surface area contributed by atoms with Gasteiger partial charge >= 0.3 is 0 Å². The summed E-state index contributed by atoms with van der Waals surface area (Å²) in [7, 11) is 0. The Kier molecular flexibility index (Phi) is 4.56. The van der Waals surface area contributed by atoms with Crippen molar-refractivity contribution in [2.24, 2.45) is 5.41 Å². The number of benzene rings is 1. The highest BCUT2D eigenvalue weighted by Crippen LogP contribution is 2.24. The van der Waals surface area contributed by atoms with Crippen molar-refractivity contribution in [1.82, 2.24) is 5.32 Å². The Hall–Kier alpha value is -0.600. The molecule has 96 valence electrons. The molecule has 0 radical (unpaired) electrons. The summed E-state index contributed by atoms with van der Waals surface area (Å²) in [5.74, 6) is -0.369. The summed E-state index contributed by atoms with van der Waals surface area (Å²) in [6.45, 7) is 10.8. The lowest BCUT2D eigenvalue weighted by Crippen LogP contribution is -2.39. The molecule has 0 aromatic heterocycles. The van der Waals surface area contributed by atoms with Crippen LogP contribution in [-0.4, -0.2) is 6.04 Å². The zero-order valence-corrected chi connectivity index (χ0v) is 11.9. The summed E-state index contributed by atoms with van der Waals surface area (Å²) in [4.78, 5) is 0. The van der Waals surface area contributed by atoms with E-state index >= 15 is 0 Å². The summed E-state index contributed by atoms with van der Waals surface area (Å²) in [5.41, 5.74) is 1.20. The third-order valence-corrected chi connectivity index (χ3v) is 3.53. The van der Waals surface area contributed by atoms with Gasteiger partial charge in [0.25, 0.3) is 0 Å². The van der Waals surface area contributed by atoms with Gasteiger partial charge in [0.05, 0.1) is 5.02 Å². The predicted molar refractivity (Wildman–Crippen MR) is 71.9 cm³/mol. The number of rotatable bonds is 3. The van der Waals surface area contributed by atoms with Crippen LogP contribution in [0.2, 0.25) is 5.02 Å². The number of hydrogen-bond donors (Lipinski definition) is 1. The van der Waals surface area contributed by atoms with Crippen molar-refractivity contribution in [3.63, 3.8) is 0 Å². The first-order valence-corrected chi connectivity index (χ1v) is 6.30. The van der Waals surface area contributed by atoms with Gasteiger partial charge in [-0.1, -0.05) is 38.4 Å². The maximum atomic E-state index is 13.1. The van der Waals surface area contributed by atoms with E-state index < -0.39 is 0 Å². The van der Waals surface area contributed by atoms with Crippen molar-refractivity contribution in [2.45, 2.75) is 46.7 Å². The van der Waals surface area contributed by atoms with Crippen LogP contribution in [0.1, 0.15) is 46.2 Å². The maximum Gasteiger partial charge on any atom is 0.141 e. The minimum atomic E-state index is -0.369. The SMILES string of the molecule is CC(NC(C)C(C)(C)C)c1ccc(F)c(Cl)c1. The van der Waals surface area contributed by atoms with E-state index in [0.29, 0.717) is 6.04 Å². The average Bonchev–Trinajstić information content (AvgIpc) is 2.20. The molecule has 0 fully saturated rings. The zero-order chi connectivity index (χ0) is 13.2. The molecule has 0 aliphatic heterocycles. The summed E-state index contributed by atoms with van der Waals surface area (Å²) in [5, 5.41) is 3.68. The van der Waals surface area contributed by atoms with Crippen LogP contribution >= 0.6 is 11.6 Å². The third kappa shape index (κ3) is 3.97. The fraction of sp³-hybridized carbons (Fsp3) is 0.571. The highest BCUT2D eigenvalue weighted by Gasteiger charge is 2.21. The minimum Gasteiger partial charge on any atom is -0.307 e. The standard InChI is InChI=1S/C14H21ClFN/c1-9(17-10(2)14(3,4)5)11-6-7-13(16)12(15)8-11/h6-10,17H,1-5H3. The molecule has 0 spiro atoms. The molecule has 0 amide bonds. The molecule has 2 unspecified atom stereocenters. The molecule has 0 heterocycles. The first-order valence-electron chi connectivity index (χ1n) is 5.93. The van der Waals surface area contributed by atoms with Crippen molar-refractivity contribution < 1.29 is 4.39 Å². The Labute approximate surface area is 108 Å². The molecule has 1 aromatic carbocycles. The molecule has 17 heavy (non-hydrogen) atoms. The lowest BCUT2D eigenvalue weighted by molar-refractivity contribution is 0.268. The van der Waals surface area contributed by atoms with Gasteiger partial charge in [0.2, 0.25) is 0 Å². The normalized spacial score (nSPS) is 15.7. The molecule has 1 aromatic rings.